The third-order valence-corrected chi connectivity index (χ3v) is 5.76. The van der Waals surface area contributed by atoms with Gasteiger partial charge in [-0.25, -0.2) is 4.98 Å². The number of amides is 1. The minimum atomic E-state index is 0.0555. The summed E-state index contributed by atoms with van der Waals surface area (Å²) < 4.78 is 0. The summed E-state index contributed by atoms with van der Waals surface area (Å²) in [6.07, 6.45) is 6.03. The van der Waals surface area contributed by atoms with E-state index in [0.717, 1.165) is 22.6 Å². The number of nitrogens with zero attached hydrogens (tertiary/aromatic N) is 2. The van der Waals surface area contributed by atoms with E-state index in [1.807, 2.05) is 18.7 Å². The zero-order valence-corrected chi connectivity index (χ0v) is 14.0. The van der Waals surface area contributed by atoms with Crippen molar-refractivity contribution < 1.29 is 4.79 Å². The Balaban J connectivity index is 1.85. The maximum atomic E-state index is 11.5. The Kier molecular flexibility index (Phi) is 5.86. The van der Waals surface area contributed by atoms with Crippen molar-refractivity contribution >= 4 is 34.1 Å². The molecule has 1 amide bonds. The Labute approximate surface area is 129 Å². The van der Waals surface area contributed by atoms with Crippen LogP contribution in [0.4, 0.5) is 5.13 Å². The maximum absolute atomic E-state index is 11.5. The fourth-order valence-corrected chi connectivity index (χ4v) is 4.31. The van der Waals surface area contributed by atoms with Crippen LogP contribution < -0.4 is 10.2 Å². The lowest BCUT2D eigenvalue weighted by Gasteiger charge is -2.14. The lowest BCUT2D eigenvalue weighted by Crippen LogP contribution is -2.28. The van der Waals surface area contributed by atoms with Gasteiger partial charge in [0.15, 0.2) is 5.13 Å². The molecule has 2 atom stereocenters. The first-order chi connectivity index (χ1) is 9.63. The molecule has 112 valence electrons. The van der Waals surface area contributed by atoms with Gasteiger partial charge in [0.25, 0.3) is 0 Å². The topological polar surface area (TPSA) is 45.2 Å². The van der Waals surface area contributed by atoms with Crippen LogP contribution in [0, 0.1) is 0 Å². The first-order valence-electron chi connectivity index (χ1n) is 7.12. The third-order valence-electron chi connectivity index (χ3n) is 3.76. The van der Waals surface area contributed by atoms with Crippen molar-refractivity contribution in [3.8, 4) is 0 Å². The molecule has 1 aromatic heterocycles. The summed E-state index contributed by atoms with van der Waals surface area (Å²) in [7, 11) is 0. The van der Waals surface area contributed by atoms with Crippen LogP contribution in [0.5, 0.6) is 0 Å². The fourth-order valence-electron chi connectivity index (χ4n) is 2.58. The molecule has 0 saturated heterocycles. The van der Waals surface area contributed by atoms with Crippen LogP contribution >= 0.6 is 23.1 Å². The number of thiazole rings is 1. The summed E-state index contributed by atoms with van der Waals surface area (Å²) in [6, 6.07) is 0.618. The summed E-state index contributed by atoms with van der Waals surface area (Å²) in [5, 5.41) is 7.26. The molecular weight excluding hydrogens is 290 g/mol. The van der Waals surface area contributed by atoms with Gasteiger partial charge < -0.3 is 5.32 Å². The number of rotatable bonds is 6. The van der Waals surface area contributed by atoms with Crippen LogP contribution in [-0.4, -0.2) is 35.0 Å². The van der Waals surface area contributed by atoms with Crippen molar-refractivity contribution in [3.05, 3.63) is 11.1 Å². The molecule has 0 spiro atoms. The lowest BCUT2D eigenvalue weighted by molar-refractivity contribution is -0.116. The number of thioether (sulfide) groups is 1. The van der Waals surface area contributed by atoms with Crippen molar-refractivity contribution in [3.63, 3.8) is 0 Å². The molecule has 1 saturated carbocycles. The number of hydrogen-bond acceptors (Lipinski definition) is 5. The molecule has 4 nitrogen and oxygen atoms in total. The molecule has 1 aromatic rings. The highest BCUT2D eigenvalue weighted by molar-refractivity contribution is 7.99. The Hall–Kier alpha value is -0.590. The Bertz CT molecular complexity index is 449. The molecule has 0 aromatic carbocycles. The zero-order chi connectivity index (χ0) is 14.5. The van der Waals surface area contributed by atoms with Crippen molar-refractivity contribution in [2.75, 3.05) is 17.7 Å². The van der Waals surface area contributed by atoms with Crippen molar-refractivity contribution in [2.24, 2.45) is 0 Å². The van der Waals surface area contributed by atoms with E-state index in [2.05, 4.69) is 21.9 Å². The van der Waals surface area contributed by atoms with Gasteiger partial charge in [-0.1, -0.05) is 0 Å². The average molecular weight is 313 g/mol. The second kappa shape index (κ2) is 7.43. The second-order valence-electron chi connectivity index (χ2n) is 5.13. The van der Waals surface area contributed by atoms with Gasteiger partial charge in [0, 0.05) is 36.7 Å². The number of carbonyl (C=O) groups is 1. The molecule has 1 N–H and O–H groups in total. The minimum Gasteiger partial charge on any atom is -0.308 e. The molecule has 0 aliphatic heterocycles. The van der Waals surface area contributed by atoms with Crippen LogP contribution in [0.1, 0.15) is 38.8 Å². The molecule has 1 aliphatic rings. The summed E-state index contributed by atoms with van der Waals surface area (Å²) in [6.45, 7) is 5.04. The highest BCUT2D eigenvalue weighted by Crippen LogP contribution is 2.28. The number of nitrogens with one attached hydrogen (secondary N) is 1. The molecular formula is C14H23N3OS2. The van der Waals surface area contributed by atoms with Crippen LogP contribution in [-0.2, 0) is 11.3 Å². The maximum Gasteiger partial charge on any atom is 0.225 e. The monoisotopic (exact) mass is 313 g/mol. The van der Waals surface area contributed by atoms with Gasteiger partial charge in [0.05, 0.1) is 5.69 Å². The van der Waals surface area contributed by atoms with Gasteiger partial charge in [-0.2, -0.15) is 11.8 Å². The number of anilines is 1. The van der Waals surface area contributed by atoms with Gasteiger partial charge in [-0.15, -0.1) is 11.3 Å². The second-order valence-corrected chi connectivity index (χ2v) is 7.11. The van der Waals surface area contributed by atoms with E-state index in [9.17, 15) is 4.79 Å². The number of hydrogen-bond donors (Lipinski definition) is 1. The van der Waals surface area contributed by atoms with Crippen LogP contribution in [0.15, 0.2) is 5.38 Å². The van der Waals surface area contributed by atoms with Gasteiger partial charge in [0.2, 0.25) is 5.91 Å². The quantitative estimate of drug-likeness (QED) is 0.877. The molecule has 1 fully saturated rings. The fraction of sp³-hybridized carbons (Fsp3) is 0.714. The van der Waals surface area contributed by atoms with Gasteiger partial charge in [-0.3, -0.25) is 9.69 Å². The van der Waals surface area contributed by atoms with Gasteiger partial charge in [0.1, 0.15) is 0 Å². The van der Waals surface area contributed by atoms with E-state index in [0.29, 0.717) is 12.6 Å². The van der Waals surface area contributed by atoms with Crippen LogP contribution in [0.2, 0.25) is 0 Å². The number of aromatic nitrogens is 1. The van der Waals surface area contributed by atoms with E-state index in [4.69, 9.17) is 0 Å². The van der Waals surface area contributed by atoms with Crippen molar-refractivity contribution in [2.45, 2.75) is 50.9 Å². The molecule has 1 heterocycles. The first kappa shape index (κ1) is 15.8. The van der Waals surface area contributed by atoms with E-state index in [1.165, 1.54) is 19.3 Å². The molecule has 0 radical (unpaired) electrons. The van der Waals surface area contributed by atoms with E-state index in [-0.39, 0.29) is 5.91 Å². The normalized spacial score (nSPS) is 22.1. The Morgan fingerprint density at radius 2 is 2.40 bits per heavy atom. The Morgan fingerprint density at radius 1 is 1.60 bits per heavy atom. The summed E-state index contributed by atoms with van der Waals surface area (Å²) >= 11 is 3.52. The highest BCUT2D eigenvalue weighted by Gasteiger charge is 2.23. The summed E-state index contributed by atoms with van der Waals surface area (Å²) in [5.74, 6) is 0.0555. The summed E-state index contributed by atoms with van der Waals surface area (Å²) in [4.78, 5) is 17.8. The largest absolute Gasteiger partial charge is 0.308 e. The molecule has 2 unspecified atom stereocenters. The van der Waals surface area contributed by atoms with Gasteiger partial charge in [-0.05, 0) is 32.4 Å². The SMILES string of the molecule is CCN(C(C)=O)c1nc(CNC2CCC(SC)C2)cs1. The van der Waals surface area contributed by atoms with E-state index < -0.39 is 0 Å². The Morgan fingerprint density at radius 3 is 3.00 bits per heavy atom. The van der Waals surface area contributed by atoms with Crippen LogP contribution in [0.25, 0.3) is 0 Å². The zero-order valence-electron chi connectivity index (χ0n) is 12.4. The smallest absolute Gasteiger partial charge is 0.225 e. The molecule has 6 heteroatoms. The van der Waals surface area contributed by atoms with Gasteiger partial charge >= 0.3 is 0 Å². The minimum absolute atomic E-state index is 0.0555. The predicted molar refractivity (Wildman–Crippen MR) is 87.6 cm³/mol. The lowest BCUT2D eigenvalue weighted by atomic mass is 10.2. The molecule has 2 rings (SSSR count). The molecule has 0 bridgehead atoms. The van der Waals surface area contributed by atoms with Crippen LogP contribution in [0.3, 0.4) is 0 Å². The molecule has 20 heavy (non-hydrogen) atoms. The summed E-state index contributed by atoms with van der Waals surface area (Å²) in [5.41, 5.74) is 1.04. The standard InChI is InChI=1S/C14H23N3OS2/c1-4-17(10(2)18)14-16-12(9-20-14)8-15-11-5-6-13(7-11)19-3/h9,11,13,15H,4-8H2,1-3H3. The van der Waals surface area contributed by atoms with Crippen molar-refractivity contribution in [1.82, 2.24) is 10.3 Å². The molecule has 1 aliphatic carbocycles. The van der Waals surface area contributed by atoms with E-state index in [1.54, 1.807) is 23.2 Å². The predicted octanol–water partition coefficient (Wildman–Crippen LogP) is 2.89. The number of carbonyl (C=O) groups excluding carboxylic acids is 1. The highest BCUT2D eigenvalue weighted by atomic mass is 32.2. The van der Waals surface area contributed by atoms with Crippen molar-refractivity contribution in [1.29, 1.82) is 0 Å². The average Bonchev–Trinajstić information content (AvgIpc) is 3.05. The first-order valence-corrected chi connectivity index (χ1v) is 9.29. The van der Waals surface area contributed by atoms with E-state index >= 15 is 0 Å². The third kappa shape index (κ3) is 3.96.